The fourth-order valence-electron chi connectivity index (χ4n) is 3.89. The first-order chi connectivity index (χ1) is 14.1. The van der Waals surface area contributed by atoms with E-state index in [1.165, 1.54) is 30.6 Å². The quantitative estimate of drug-likeness (QED) is 0.639. The summed E-state index contributed by atoms with van der Waals surface area (Å²) in [6.45, 7) is 7.80. The number of amides is 1. The number of carbonyl (C=O) groups excluding carboxylic acids is 1. The summed E-state index contributed by atoms with van der Waals surface area (Å²) in [5.41, 5.74) is 1.69. The van der Waals surface area contributed by atoms with Gasteiger partial charge in [-0.3, -0.25) is 4.79 Å². The molecule has 6 nitrogen and oxygen atoms in total. The second-order valence-corrected chi connectivity index (χ2v) is 8.38. The summed E-state index contributed by atoms with van der Waals surface area (Å²) in [5, 5.41) is 3.99. The summed E-state index contributed by atoms with van der Waals surface area (Å²) >= 11 is 1.43. The minimum atomic E-state index is -0.118. The fourth-order valence-corrected chi connectivity index (χ4v) is 4.93. The molecular formula is C22H26N4O2S. The van der Waals surface area contributed by atoms with Gasteiger partial charge in [-0.2, -0.15) is 0 Å². The SMILES string of the molecule is CCOc1ccc(NC(=O)c2sc3ncnc(N4CCCC[C@@H]4C)c3c2C)cc1. The zero-order chi connectivity index (χ0) is 20.4. The van der Waals surface area contributed by atoms with Crippen molar-refractivity contribution in [3.05, 3.63) is 41.0 Å². The molecule has 1 aromatic carbocycles. The van der Waals surface area contributed by atoms with Crippen LogP contribution in [0.1, 0.15) is 48.3 Å². The van der Waals surface area contributed by atoms with Crippen LogP contribution in [0, 0.1) is 6.92 Å². The van der Waals surface area contributed by atoms with Gasteiger partial charge in [-0.1, -0.05) is 0 Å². The molecule has 7 heteroatoms. The van der Waals surface area contributed by atoms with Crippen molar-refractivity contribution in [2.75, 3.05) is 23.4 Å². The Hall–Kier alpha value is -2.67. The van der Waals surface area contributed by atoms with E-state index in [-0.39, 0.29) is 5.91 Å². The summed E-state index contributed by atoms with van der Waals surface area (Å²) in [5.74, 6) is 1.63. The third-order valence-electron chi connectivity index (χ3n) is 5.41. The highest BCUT2D eigenvalue weighted by Crippen LogP contribution is 2.37. The molecule has 0 spiro atoms. The molecular weight excluding hydrogens is 384 g/mol. The number of benzene rings is 1. The number of piperidine rings is 1. The molecule has 1 N–H and O–H groups in total. The molecule has 3 heterocycles. The summed E-state index contributed by atoms with van der Waals surface area (Å²) in [4.78, 5) is 25.9. The number of hydrogen-bond donors (Lipinski definition) is 1. The number of ether oxygens (including phenoxy) is 1. The second kappa shape index (κ2) is 8.37. The number of thiophene rings is 1. The number of hydrogen-bond acceptors (Lipinski definition) is 6. The van der Waals surface area contributed by atoms with Gasteiger partial charge in [0.2, 0.25) is 0 Å². The van der Waals surface area contributed by atoms with Crippen LogP contribution in [0.2, 0.25) is 0 Å². The molecule has 152 valence electrons. The average molecular weight is 411 g/mol. The van der Waals surface area contributed by atoms with Gasteiger partial charge in [0.05, 0.1) is 16.9 Å². The lowest BCUT2D eigenvalue weighted by molar-refractivity contribution is 0.103. The normalized spacial score (nSPS) is 16.8. The molecule has 2 aromatic heterocycles. The van der Waals surface area contributed by atoms with Gasteiger partial charge in [-0.05, 0) is 69.9 Å². The smallest absolute Gasteiger partial charge is 0.266 e. The average Bonchev–Trinajstić information content (AvgIpc) is 3.07. The molecule has 1 aliphatic heterocycles. The summed E-state index contributed by atoms with van der Waals surface area (Å²) < 4.78 is 5.46. The zero-order valence-electron chi connectivity index (χ0n) is 17.1. The van der Waals surface area contributed by atoms with E-state index < -0.39 is 0 Å². The Morgan fingerprint density at radius 2 is 2.07 bits per heavy atom. The number of nitrogens with zero attached hydrogens (tertiary/aromatic N) is 3. The van der Waals surface area contributed by atoms with Crippen LogP contribution in [0.3, 0.4) is 0 Å². The number of nitrogens with one attached hydrogen (secondary N) is 1. The lowest BCUT2D eigenvalue weighted by Crippen LogP contribution is -2.38. The predicted octanol–water partition coefficient (Wildman–Crippen LogP) is 5.03. The number of fused-ring (bicyclic) bond motifs is 1. The molecule has 0 saturated carbocycles. The molecule has 0 bridgehead atoms. The van der Waals surface area contributed by atoms with E-state index >= 15 is 0 Å². The predicted molar refractivity (Wildman–Crippen MR) is 118 cm³/mol. The molecule has 1 amide bonds. The minimum Gasteiger partial charge on any atom is -0.494 e. The Morgan fingerprint density at radius 1 is 1.28 bits per heavy atom. The van der Waals surface area contributed by atoms with E-state index in [2.05, 4.69) is 27.1 Å². The van der Waals surface area contributed by atoms with E-state index in [1.807, 2.05) is 38.1 Å². The Labute approximate surface area is 174 Å². The van der Waals surface area contributed by atoms with Gasteiger partial charge in [0.1, 0.15) is 22.7 Å². The lowest BCUT2D eigenvalue weighted by Gasteiger charge is -2.34. The maximum atomic E-state index is 13.0. The zero-order valence-corrected chi connectivity index (χ0v) is 17.9. The molecule has 29 heavy (non-hydrogen) atoms. The van der Waals surface area contributed by atoms with Crippen LogP contribution in [0.25, 0.3) is 10.2 Å². The van der Waals surface area contributed by atoms with Gasteiger partial charge >= 0.3 is 0 Å². The Bertz CT molecular complexity index is 1020. The van der Waals surface area contributed by atoms with Crippen LogP contribution in [0.5, 0.6) is 5.75 Å². The lowest BCUT2D eigenvalue weighted by atomic mass is 10.0. The van der Waals surface area contributed by atoms with Crippen LogP contribution < -0.4 is 15.0 Å². The van der Waals surface area contributed by atoms with E-state index in [9.17, 15) is 4.79 Å². The first-order valence-electron chi connectivity index (χ1n) is 10.1. The van der Waals surface area contributed by atoms with Crippen LogP contribution >= 0.6 is 11.3 Å². The van der Waals surface area contributed by atoms with Crippen molar-refractivity contribution in [1.82, 2.24) is 9.97 Å². The van der Waals surface area contributed by atoms with E-state index in [4.69, 9.17) is 4.74 Å². The molecule has 0 unspecified atom stereocenters. The molecule has 1 saturated heterocycles. The Morgan fingerprint density at radius 3 is 2.79 bits per heavy atom. The highest BCUT2D eigenvalue weighted by Gasteiger charge is 2.25. The Balaban J connectivity index is 1.63. The molecule has 1 aliphatic rings. The maximum Gasteiger partial charge on any atom is 0.266 e. The summed E-state index contributed by atoms with van der Waals surface area (Å²) in [7, 11) is 0. The van der Waals surface area contributed by atoms with Gasteiger partial charge in [0, 0.05) is 18.3 Å². The number of carbonyl (C=O) groups is 1. The van der Waals surface area contributed by atoms with Crippen molar-refractivity contribution >= 4 is 39.0 Å². The largest absolute Gasteiger partial charge is 0.494 e. The van der Waals surface area contributed by atoms with Crippen molar-refractivity contribution in [3.63, 3.8) is 0 Å². The molecule has 0 aliphatic carbocycles. The van der Waals surface area contributed by atoms with Crippen molar-refractivity contribution in [2.24, 2.45) is 0 Å². The molecule has 1 atom stereocenters. The van der Waals surface area contributed by atoms with Crippen molar-refractivity contribution in [3.8, 4) is 5.75 Å². The van der Waals surface area contributed by atoms with Crippen molar-refractivity contribution in [1.29, 1.82) is 0 Å². The molecule has 0 radical (unpaired) electrons. The van der Waals surface area contributed by atoms with Crippen LogP contribution in [-0.2, 0) is 0 Å². The number of aryl methyl sites for hydroxylation is 1. The highest BCUT2D eigenvalue weighted by molar-refractivity contribution is 7.20. The number of rotatable bonds is 5. The highest BCUT2D eigenvalue weighted by atomic mass is 32.1. The van der Waals surface area contributed by atoms with Gasteiger partial charge in [0.15, 0.2) is 0 Å². The molecule has 1 fully saturated rings. The van der Waals surface area contributed by atoms with E-state index in [1.54, 1.807) is 6.33 Å². The second-order valence-electron chi connectivity index (χ2n) is 7.38. The van der Waals surface area contributed by atoms with Crippen LogP contribution in [-0.4, -0.2) is 35.1 Å². The number of aromatic nitrogens is 2. The first kappa shape index (κ1) is 19.6. The summed E-state index contributed by atoms with van der Waals surface area (Å²) in [6.07, 6.45) is 5.21. The topological polar surface area (TPSA) is 67.3 Å². The maximum absolute atomic E-state index is 13.0. The third-order valence-corrected chi connectivity index (χ3v) is 6.61. The van der Waals surface area contributed by atoms with Crippen LogP contribution in [0.4, 0.5) is 11.5 Å². The fraction of sp³-hybridized carbons (Fsp3) is 0.409. The van der Waals surface area contributed by atoms with Gasteiger partial charge in [-0.15, -0.1) is 11.3 Å². The monoisotopic (exact) mass is 410 g/mol. The first-order valence-corrected chi connectivity index (χ1v) is 10.9. The Kier molecular flexibility index (Phi) is 5.67. The van der Waals surface area contributed by atoms with Crippen LogP contribution in [0.15, 0.2) is 30.6 Å². The van der Waals surface area contributed by atoms with Crippen molar-refractivity contribution < 1.29 is 9.53 Å². The van der Waals surface area contributed by atoms with Gasteiger partial charge in [-0.25, -0.2) is 9.97 Å². The number of anilines is 2. The summed E-state index contributed by atoms with van der Waals surface area (Å²) in [6, 6.07) is 7.87. The minimum absolute atomic E-state index is 0.118. The molecule has 4 rings (SSSR count). The van der Waals surface area contributed by atoms with Gasteiger partial charge in [0.25, 0.3) is 5.91 Å². The standard InChI is InChI=1S/C22H26N4O2S/c1-4-28-17-10-8-16(9-11-17)25-21(27)19-15(3)18-20(23-13-24-22(18)29-19)26-12-6-5-7-14(26)2/h8-11,13-14H,4-7,12H2,1-3H3,(H,25,27)/t14-/m0/s1. The third kappa shape index (κ3) is 3.92. The van der Waals surface area contributed by atoms with Gasteiger partial charge < -0.3 is 15.0 Å². The van der Waals surface area contributed by atoms with Crippen molar-refractivity contribution in [2.45, 2.75) is 46.1 Å². The molecule has 3 aromatic rings. The van der Waals surface area contributed by atoms with E-state index in [0.29, 0.717) is 17.5 Å². The van der Waals surface area contributed by atoms with E-state index in [0.717, 1.165) is 39.6 Å².